The Kier molecular flexibility index (Phi) is 8.11. The van der Waals surface area contributed by atoms with Crippen LogP contribution in [0.15, 0.2) is 12.2 Å². The molecule has 1 nitrogen and oxygen atoms in total. The smallest absolute Gasteiger partial charge is 0.0723 e. The zero-order valence-corrected chi connectivity index (χ0v) is 9.29. The van der Waals surface area contributed by atoms with E-state index in [-0.39, 0.29) is 6.10 Å². The van der Waals surface area contributed by atoms with Crippen molar-refractivity contribution in [1.29, 1.82) is 0 Å². The van der Waals surface area contributed by atoms with E-state index in [1.54, 1.807) is 0 Å². The Balaban J connectivity index is 3.78. The summed E-state index contributed by atoms with van der Waals surface area (Å²) in [7, 11) is 0. The molecule has 0 unspecified atom stereocenters. The fourth-order valence-electron chi connectivity index (χ4n) is 1.84. The highest BCUT2D eigenvalue weighted by Crippen LogP contribution is 2.19. The Morgan fingerprint density at radius 2 is 1.69 bits per heavy atom. The summed E-state index contributed by atoms with van der Waals surface area (Å²) in [5.41, 5.74) is 0. The monoisotopic (exact) mass is 184 g/mol. The SMILES string of the molecule is CC=C[C@@H](O)CC(CCC)CCC. The fourth-order valence-corrected chi connectivity index (χ4v) is 1.84. The van der Waals surface area contributed by atoms with Gasteiger partial charge in [-0.25, -0.2) is 0 Å². The average Bonchev–Trinajstić information content (AvgIpc) is 2.05. The predicted octanol–water partition coefficient (Wildman–Crippen LogP) is 3.53. The number of hydrogen-bond donors (Lipinski definition) is 1. The molecule has 1 atom stereocenters. The molecule has 1 N–H and O–H groups in total. The van der Waals surface area contributed by atoms with Crippen molar-refractivity contribution in [1.82, 2.24) is 0 Å². The molecule has 0 aromatic heterocycles. The molecule has 0 aromatic carbocycles. The molecule has 0 radical (unpaired) electrons. The number of hydrogen-bond acceptors (Lipinski definition) is 1. The summed E-state index contributed by atoms with van der Waals surface area (Å²) in [5, 5.41) is 9.59. The third-order valence-electron chi connectivity index (χ3n) is 2.38. The molecule has 0 saturated carbocycles. The van der Waals surface area contributed by atoms with Crippen LogP contribution in [0.25, 0.3) is 0 Å². The first kappa shape index (κ1) is 12.7. The lowest BCUT2D eigenvalue weighted by Crippen LogP contribution is -2.11. The molecule has 0 spiro atoms. The maximum Gasteiger partial charge on any atom is 0.0723 e. The van der Waals surface area contributed by atoms with E-state index in [9.17, 15) is 5.11 Å². The third kappa shape index (κ3) is 6.83. The molecule has 0 aliphatic rings. The molecular weight excluding hydrogens is 160 g/mol. The molecule has 0 saturated heterocycles. The molecule has 0 heterocycles. The molecule has 0 rings (SSSR count). The first-order valence-corrected chi connectivity index (χ1v) is 5.55. The standard InChI is InChI=1S/C12H24O/c1-4-7-11(8-5-2)10-12(13)9-6-3/h6,9,11-13H,4-5,7-8,10H2,1-3H3/t12-/m1/s1. The Morgan fingerprint density at radius 3 is 2.08 bits per heavy atom. The summed E-state index contributed by atoms with van der Waals surface area (Å²) < 4.78 is 0. The molecule has 0 bridgehead atoms. The van der Waals surface area contributed by atoms with E-state index in [4.69, 9.17) is 0 Å². The highest BCUT2D eigenvalue weighted by molar-refractivity contribution is 4.86. The normalized spacial score (nSPS) is 14.2. The van der Waals surface area contributed by atoms with Crippen molar-refractivity contribution in [3.05, 3.63) is 12.2 Å². The van der Waals surface area contributed by atoms with Crippen molar-refractivity contribution in [2.24, 2.45) is 5.92 Å². The molecule has 0 aromatic rings. The fraction of sp³-hybridized carbons (Fsp3) is 0.833. The number of aliphatic hydroxyl groups is 1. The van der Waals surface area contributed by atoms with Crippen LogP contribution in [-0.4, -0.2) is 11.2 Å². The number of allylic oxidation sites excluding steroid dienone is 1. The molecule has 13 heavy (non-hydrogen) atoms. The van der Waals surface area contributed by atoms with Crippen LogP contribution in [0.2, 0.25) is 0 Å². The van der Waals surface area contributed by atoms with Crippen molar-refractivity contribution in [3.8, 4) is 0 Å². The Morgan fingerprint density at radius 1 is 1.15 bits per heavy atom. The average molecular weight is 184 g/mol. The van der Waals surface area contributed by atoms with Gasteiger partial charge in [0.1, 0.15) is 0 Å². The molecular formula is C12H24O. The van der Waals surface area contributed by atoms with Gasteiger partial charge in [0.05, 0.1) is 6.10 Å². The van der Waals surface area contributed by atoms with E-state index in [0.717, 1.165) is 6.42 Å². The van der Waals surface area contributed by atoms with Crippen LogP contribution in [0.5, 0.6) is 0 Å². The summed E-state index contributed by atoms with van der Waals surface area (Å²) in [6.07, 6.45) is 9.49. The van der Waals surface area contributed by atoms with Gasteiger partial charge in [0, 0.05) is 0 Å². The van der Waals surface area contributed by atoms with Gasteiger partial charge in [0.15, 0.2) is 0 Å². The predicted molar refractivity (Wildman–Crippen MR) is 58.7 cm³/mol. The van der Waals surface area contributed by atoms with Crippen LogP contribution in [0.3, 0.4) is 0 Å². The highest BCUT2D eigenvalue weighted by atomic mass is 16.3. The minimum absolute atomic E-state index is 0.229. The van der Waals surface area contributed by atoms with Gasteiger partial charge < -0.3 is 5.11 Å². The highest BCUT2D eigenvalue weighted by Gasteiger charge is 2.10. The van der Waals surface area contributed by atoms with Crippen LogP contribution >= 0.6 is 0 Å². The van der Waals surface area contributed by atoms with E-state index in [2.05, 4.69) is 13.8 Å². The summed E-state index contributed by atoms with van der Waals surface area (Å²) in [4.78, 5) is 0. The molecule has 0 fully saturated rings. The molecule has 78 valence electrons. The van der Waals surface area contributed by atoms with Crippen molar-refractivity contribution < 1.29 is 5.11 Å². The first-order chi connectivity index (χ1) is 6.24. The van der Waals surface area contributed by atoms with E-state index in [1.807, 2.05) is 19.1 Å². The summed E-state index contributed by atoms with van der Waals surface area (Å²) >= 11 is 0. The van der Waals surface area contributed by atoms with Crippen molar-refractivity contribution in [3.63, 3.8) is 0 Å². The molecule has 0 aliphatic heterocycles. The van der Waals surface area contributed by atoms with Crippen molar-refractivity contribution in [2.45, 2.75) is 59.0 Å². The maximum atomic E-state index is 9.59. The maximum absolute atomic E-state index is 9.59. The van der Waals surface area contributed by atoms with Gasteiger partial charge in [-0.1, -0.05) is 51.7 Å². The lowest BCUT2D eigenvalue weighted by molar-refractivity contribution is 0.179. The van der Waals surface area contributed by atoms with Gasteiger partial charge in [-0.05, 0) is 19.3 Å². The first-order valence-electron chi connectivity index (χ1n) is 5.55. The second-order valence-corrected chi connectivity index (χ2v) is 3.77. The summed E-state index contributed by atoms with van der Waals surface area (Å²) in [6, 6.07) is 0. The Hall–Kier alpha value is -0.300. The second kappa shape index (κ2) is 8.31. The zero-order valence-electron chi connectivity index (χ0n) is 9.29. The topological polar surface area (TPSA) is 20.2 Å². The van der Waals surface area contributed by atoms with Crippen LogP contribution in [0, 0.1) is 5.92 Å². The Labute approximate surface area is 82.9 Å². The van der Waals surface area contributed by atoms with Crippen molar-refractivity contribution >= 4 is 0 Å². The third-order valence-corrected chi connectivity index (χ3v) is 2.38. The molecule has 0 amide bonds. The lowest BCUT2D eigenvalue weighted by atomic mass is 9.92. The molecule has 0 aliphatic carbocycles. The minimum atomic E-state index is -0.229. The quantitative estimate of drug-likeness (QED) is 0.600. The second-order valence-electron chi connectivity index (χ2n) is 3.77. The summed E-state index contributed by atoms with van der Waals surface area (Å²) in [6.45, 7) is 6.38. The van der Waals surface area contributed by atoms with Crippen LogP contribution in [-0.2, 0) is 0 Å². The zero-order chi connectivity index (χ0) is 10.1. The lowest BCUT2D eigenvalue weighted by Gasteiger charge is -2.17. The minimum Gasteiger partial charge on any atom is -0.389 e. The summed E-state index contributed by atoms with van der Waals surface area (Å²) in [5.74, 6) is 0.709. The molecule has 1 heteroatoms. The van der Waals surface area contributed by atoms with Gasteiger partial charge in [0.2, 0.25) is 0 Å². The Bertz CT molecular complexity index is 123. The van der Waals surface area contributed by atoms with Crippen LogP contribution in [0.4, 0.5) is 0 Å². The van der Waals surface area contributed by atoms with Gasteiger partial charge in [0.25, 0.3) is 0 Å². The van der Waals surface area contributed by atoms with Crippen LogP contribution < -0.4 is 0 Å². The number of aliphatic hydroxyl groups excluding tert-OH is 1. The van der Waals surface area contributed by atoms with E-state index in [1.165, 1.54) is 25.7 Å². The van der Waals surface area contributed by atoms with Gasteiger partial charge in [-0.15, -0.1) is 0 Å². The van der Waals surface area contributed by atoms with Crippen LogP contribution in [0.1, 0.15) is 52.9 Å². The van der Waals surface area contributed by atoms with E-state index >= 15 is 0 Å². The van der Waals surface area contributed by atoms with Crippen molar-refractivity contribution in [2.75, 3.05) is 0 Å². The van der Waals surface area contributed by atoms with E-state index in [0.29, 0.717) is 5.92 Å². The van der Waals surface area contributed by atoms with Gasteiger partial charge in [-0.2, -0.15) is 0 Å². The van der Waals surface area contributed by atoms with Gasteiger partial charge >= 0.3 is 0 Å². The van der Waals surface area contributed by atoms with Gasteiger partial charge in [-0.3, -0.25) is 0 Å². The largest absolute Gasteiger partial charge is 0.389 e. The number of rotatable bonds is 7. The van der Waals surface area contributed by atoms with E-state index < -0.39 is 0 Å².